The van der Waals surface area contributed by atoms with Gasteiger partial charge >= 0.3 is 17.9 Å². The van der Waals surface area contributed by atoms with E-state index >= 15 is 0 Å². The lowest BCUT2D eigenvalue weighted by molar-refractivity contribution is -0.139. The highest BCUT2D eigenvalue weighted by molar-refractivity contribution is 5.89. The summed E-state index contributed by atoms with van der Waals surface area (Å²) in [4.78, 5) is 46.5. The Kier molecular flexibility index (Phi) is 7.57. The number of carbonyl (C=O) groups excluding carboxylic acids is 2. The molecule has 3 heterocycles. The van der Waals surface area contributed by atoms with Gasteiger partial charge in [0.25, 0.3) is 0 Å². The SMILES string of the molecule is CC(N)(CO)C(=O)N1CCN(C(=O)Nc2ccn(-c3ccc(CN4CC5C(N)C5C4)c(C(F)(F)F)c3)c(=O)n2)CC1. The van der Waals surface area contributed by atoms with E-state index in [0.29, 0.717) is 24.9 Å². The molecule has 3 aliphatic rings. The largest absolute Gasteiger partial charge is 0.416 e. The van der Waals surface area contributed by atoms with Gasteiger partial charge < -0.3 is 26.4 Å². The lowest BCUT2D eigenvalue weighted by atomic mass is 10.0. The minimum absolute atomic E-state index is 0.00156. The number of rotatable bonds is 6. The van der Waals surface area contributed by atoms with E-state index in [9.17, 15) is 32.7 Å². The van der Waals surface area contributed by atoms with Crippen molar-refractivity contribution in [2.45, 2.75) is 31.2 Å². The molecule has 1 aliphatic carbocycles. The van der Waals surface area contributed by atoms with E-state index in [1.165, 1.54) is 41.1 Å². The molecule has 15 heteroatoms. The number of urea groups is 1. The van der Waals surface area contributed by atoms with E-state index in [1.54, 1.807) is 0 Å². The van der Waals surface area contributed by atoms with Crippen LogP contribution < -0.4 is 22.5 Å². The number of nitrogens with two attached hydrogens (primary N) is 2. The van der Waals surface area contributed by atoms with Crippen molar-refractivity contribution in [3.05, 3.63) is 52.1 Å². The van der Waals surface area contributed by atoms with Crippen LogP contribution >= 0.6 is 0 Å². The first-order valence-corrected chi connectivity index (χ1v) is 13.3. The molecule has 222 valence electrons. The molecular weight excluding hydrogens is 545 g/mol. The van der Waals surface area contributed by atoms with Crippen molar-refractivity contribution < 1.29 is 27.9 Å². The highest BCUT2D eigenvalue weighted by Crippen LogP contribution is 2.44. The van der Waals surface area contributed by atoms with E-state index < -0.39 is 41.5 Å². The van der Waals surface area contributed by atoms with Crippen LogP contribution in [0.4, 0.5) is 23.8 Å². The van der Waals surface area contributed by atoms with E-state index in [-0.39, 0.29) is 55.8 Å². The normalized spacial score (nSPS) is 24.1. The Morgan fingerprint density at radius 3 is 2.32 bits per heavy atom. The number of fused-ring (bicyclic) bond motifs is 1. The second-order valence-corrected chi connectivity index (χ2v) is 11.2. The fourth-order valence-corrected chi connectivity index (χ4v) is 5.55. The summed E-state index contributed by atoms with van der Waals surface area (Å²) >= 11 is 0. The fourth-order valence-electron chi connectivity index (χ4n) is 5.55. The maximum absolute atomic E-state index is 14.0. The number of aromatic nitrogens is 2. The van der Waals surface area contributed by atoms with Crippen LogP contribution in [0.3, 0.4) is 0 Å². The minimum Gasteiger partial charge on any atom is -0.394 e. The number of hydrogen-bond donors (Lipinski definition) is 4. The molecule has 1 aromatic heterocycles. The van der Waals surface area contributed by atoms with Crippen LogP contribution in [0.2, 0.25) is 0 Å². The Bertz CT molecular complexity index is 1380. The van der Waals surface area contributed by atoms with E-state index in [4.69, 9.17) is 11.5 Å². The second kappa shape index (κ2) is 10.7. The summed E-state index contributed by atoms with van der Waals surface area (Å²) in [6, 6.07) is 4.66. The molecule has 2 aromatic rings. The Hall–Kier alpha value is -3.53. The minimum atomic E-state index is -4.62. The number of likely N-dealkylation sites (tertiary alicyclic amines) is 1. The topological polar surface area (TPSA) is 163 Å². The number of anilines is 1. The van der Waals surface area contributed by atoms with Crippen molar-refractivity contribution in [2.75, 3.05) is 51.2 Å². The third-order valence-electron chi connectivity index (χ3n) is 8.12. The monoisotopic (exact) mass is 578 g/mol. The van der Waals surface area contributed by atoms with Gasteiger partial charge in [-0.05, 0) is 42.5 Å². The highest BCUT2D eigenvalue weighted by Gasteiger charge is 2.53. The molecule has 5 rings (SSSR count). The van der Waals surface area contributed by atoms with Crippen LogP contribution in [0, 0.1) is 11.8 Å². The van der Waals surface area contributed by atoms with Gasteiger partial charge in [-0.2, -0.15) is 18.2 Å². The maximum atomic E-state index is 14.0. The third kappa shape index (κ3) is 5.93. The van der Waals surface area contributed by atoms with Gasteiger partial charge in [-0.25, -0.2) is 9.59 Å². The van der Waals surface area contributed by atoms with Crippen LogP contribution in [0.1, 0.15) is 18.1 Å². The summed E-state index contributed by atoms with van der Waals surface area (Å²) in [5.41, 5.74) is 8.76. The van der Waals surface area contributed by atoms with Crippen LogP contribution in [0.5, 0.6) is 0 Å². The Labute approximate surface area is 233 Å². The molecule has 0 spiro atoms. The predicted octanol–water partition coefficient (Wildman–Crippen LogP) is 0.0260. The molecule has 2 saturated heterocycles. The van der Waals surface area contributed by atoms with Gasteiger partial charge in [0.1, 0.15) is 11.4 Å². The molecule has 0 radical (unpaired) electrons. The zero-order valence-electron chi connectivity index (χ0n) is 22.5. The number of aliphatic hydroxyl groups is 1. The van der Waals surface area contributed by atoms with Gasteiger partial charge in [-0.1, -0.05) is 6.07 Å². The van der Waals surface area contributed by atoms with Crippen molar-refractivity contribution in [1.82, 2.24) is 24.3 Å². The molecule has 1 saturated carbocycles. The molecule has 0 bridgehead atoms. The number of hydrogen-bond acceptors (Lipinski definition) is 8. The lowest BCUT2D eigenvalue weighted by Crippen LogP contribution is -2.60. The van der Waals surface area contributed by atoms with Gasteiger partial charge in [-0.15, -0.1) is 0 Å². The number of halogens is 3. The number of alkyl halides is 3. The van der Waals surface area contributed by atoms with Crippen molar-refractivity contribution >= 4 is 17.8 Å². The summed E-state index contributed by atoms with van der Waals surface area (Å²) in [5.74, 6) is 0.202. The number of nitrogens with zero attached hydrogens (tertiary/aromatic N) is 5. The van der Waals surface area contributed by atoms with Gasteiger partial charge in [0.15, 0.2) is 0 Å². The van der Waals surface area contributed by atoms with Crippen molar-refractivity contribution in [3.8, 4) is 5.69 Å². The molecule has 3 amide bonds. The van der Waals surface area contributed by atoms with Crippen LogP contribution in [0.15, 0.2) is 35.3 Å². The first-order valence-electron chi connectivity index (χ1n) is 13.3. The average molecular weight is 579 g/mol. The maximum Gasteiger partial charge on any atom is 0.416 e. The molecule has 3 atom stereocenters. The van der Waals surface area contributed by atoms with E-state index in [2.05, 4.69) is 10.3 Å². The van der Waals surface area contributed by atoms with Crippen molar-refractivity contribution in [1.29, 1.82) is 0 Å². The zero-order chi connectivity index (χ0) is 29.7. The number of nitrogens with one attached hydrogen (secondary N) is 1. The van der Waals surface area contributed by atoms with Gasteiger partial charge in [0.2, 0.25) is 5.91 Å². The Morgan fingerprint density at radius 2 is 1.73 bits per heavy atom. The van der Waals surface area contributed by atoms with Crippen molar-refractivity contribution in [2.24, 2.45) is 23.3 Å². The summed E-state index contributed by atoms with van der Waals surface area (Å²) in [5, 5.41) is 11.8. The first-order chi connectivity index (χ1) is 19.3. The lowest BCUT2D eigenvalue weighted by Gasteiger charge is -2.37. The molecule has 6 N–H and O–H groups in total. The molecule has 1 aromatic carbocycles. The first kappa shape index (κ1) is 29.0. The van der Waals surface area contributed by atoms with Crippen LogP contribution in [-0.4, -0.2) is 98.8 Å². The summed E-state index contributed by atoms with van der Waals surface area (Å²) in [6.45, 7) is 3.19. The standard InChI is InChI=1S/C26H33F3N8O4/c1-25(31,14-38)22(39)35-6-8-36(9-7-35)23(40)32-20-4-5-37(24(41)33-20)16-3-2-15(19(10-16)26(27,28)29)11-34-12-17-18(13-34)21(17)30/h2-5,10,17-18,21,38H,6-9,11-14,30-31H2,1H3,(H,32,33,40,41). The molecule has 41 heavy (non-hydrogen) atoms. The summed E-state index contributed by atoms with van der Waals surface area (Å²) in [7, 11) is 0. The number of benzene rings is 1. The molecular formula is C26H33F3N8O4. The predicted molar refractivity (Wildman–Crippen MR) is 142 cm³/mol. The molecule has 12 nitrogen and oxygen atoms in total. The summed E-state index contributed by atoms with van der Waals surface area (Å²) in [6.07, 6.45) is -3.37. The Balaban J connectivity index is 1.24. The van der Waals surface area contributed by atoms with Gasteiger partial charge in [-0.3, -0.25) is 19.6 Å². The number of carbonyl (C=O) groups is 2. The number of amides is 3. The molecule has 3 unspecified atom stereocenters. The van der Waals surface area contributed by atoms with E-state index in [1.807, 2.05) is 4.90 Å². The summed E-state index contributed by atoms with van der Waals surface area (Å²) < 4.78 is 42.9. The zero-order valence-corrected chi connectivity index (χ0v) is 22.5. The smallest absolute Gasteiger partial charge is 0.394 e. The number of piperidine rings is 1. The molecule has 2 aliphatic heterocycles. The van der Waals surface area contributed by atoms with Crippen LogP contribution in [-0.2, 0) is 17.5 Å². The Morgan fingerprint density at radius 1 is 1.10 bits per heavy atom. The van der Waals surface area contributed by atoms with Crippen molar-refractivity contribution in [3.63, 3.8) is 0 Å². The van der Waals surface area contributed by atoms with Gasteiger partial charge in [0.05, 0.1) is 17.9 Å². The fraction of sp³-hybridized carbons (Fsp3) is 0.538. The third-order valence-corrected chi connectivity index (χ3v) is 8.12. The van der Waals surface area contributed by atoms with E-state index in [0.717, 1.165) is 10.6 Å². The second-order valence-electron chi connectivity index (χ2n) is 11.2. The highest BCUT2D eigenvalue weighted by atomic mass is 19.4. The molecule has 3 fully saturated rings. The quantitative estimate of drug-likeness (QED) is 0.373. The average Bonchev–Trinajstić information content (AvgIpc) is 3.31. The number of aliphatic hydroxyl groups excluding tert-OH is 1. The number of piperazine rings is 1. The van der Waals surface area contributed by atoms with Gasteiger partial charge in [0, 0.05) is 58.1 Å². The van der Waals surface area contributed by atoms with Crippen LogP contribution in [0.25, 0.3) is 5.69 Å².